The van der Waals surface area contributed by atoms with E-state index >= 15 is 0 Å². The molecule has 0 spiro atoms. The van der Waals surface area contributed by atoms with Gasteiger partial charge in [0.1, 0.15) is 0 Å². The minimum absolute atomic E-state index is 0.0625. The Labute approximate surface area is 132 Å². The lowest BCUT2D eigenvalue weighted by molar-refractivity contribution is -0.113. The fourth-order valence-electron chi connectivity index (χ4n) is 0.588. The van der Waals surface area contributed by atoms with Gasteiger partial charge in [0.05, 0.1) is 11.5 Å². The molecule has 0 aliphatic rings. The summed E-state index contributed by atoms with van der Waals surface area (Å²) in [4.78, 5) is 20.0. The Hall–Kier alpha value is -1.74. The third kappa shape index (κ3) is 79.7. The third-order valence-electron chi connectivity index (χ3n) is 1.16. The predicted molar refractivity (Wildman–Crippen MR) is 90.4 cm³/mol. The summed E-state index contributed by atoms with van der Waals surface area (Å²) in [6, 6.07) is 0. The molecular weight excluding hydrogens is 288 g/mol. The third-order valence-corrected chi connectivity index (χ3v) is 1.16. The second-order valence-electron chi connectivity index (χ2n) is 3.95. The summed E-state index contributed by atoms with van der Waals surface area (Å²) >= 11 is 0. The summed E-state index contributed by atoms with van der Waals surface area (Å²) < 4.78 is 0. The Morgan fingerprint density at radius 3 is 0.864 bits per heavy atom. The van der Waals surface area contributed by atoms with Crippen molar-refractivity contribution in [3.05, 3.63) is 23.7 Å². The van der Waals surface area contributed by atoms with Crippen LogP contribution in [0.5, 0.6) is 0 Å². The van der Waals surface area contributed by atoms with E-state index < -0.39 is 0 Å². The number of hydrogen-bond acceptors (Lipinski definition) is 8. The summed E-state index contributed by atoms with van der Waals surface area (Å²) in [5.74, 6) is -0.125. The van der Waals surface area contributed by atoms with E-state index in [1.54, 1.807) is 0 Å². The molecule has 0 bridgehead atoms. The molecule has 8 heteroatoms. The van der Waals surface area contributed by atoms with Gasteiger partial charge in [-0.25, -0.2) is 0 Å². The molecule has 132 valence electrons. The summed E-state index contributed by atoms with van der Waals surface area (Å²) in [5, 5.41) is 16.7. The zero-order valence-corrected chi connectivity index (χ0v) is 14.0. The molecule has 0 aromatic carbocycles. The molecule has 0 aromatic rings. The molecule has 8 nitrogen and oxygen atoms in total. The molecule has 0 saturated heterocycles. The van der Waals surface area contributed by atoms with Gasteiger partial charge in [-0.15, -0.1) is 0 Å². The Kier molecular flexibility index (Phi) is 31.4. The van der Waals surface area contributed by atoms with Gasteiger partial charge in [-0.1, -0.05) is 0 Å². The molecule has 0 unspecified atom stereocenters. The number of aliphatic hydroxyl groups excluding tert-OH is 2. The lowest BCUT2D eigenvalue weighted by Crippen LogP contribution is -2.11. The van der Waals surface area contributed by atoms with Crippen molar-refractivity contribution in [2.75, 3.05) is 26.2 Å². The van der Waals surface area contributed by atoms with Crippen LogP contribution in [0.2, 0.25) is 0 Å². The van der Waals surface area contributed by atoms with Crippen LogP contribution in [0.1, 0.15) is 27.7 Å². The number of ketones is 2. The van der Waals surface area contributed by atoms with Crippen LogP contribution in [-0.2, 0) is 9.59 Å². The van der Waals surface area contributed by atoms with Crippen molar-refractivity contribution in [3.8, 4) is 0 Å². The normalized spacial score (nSPS) is 10.0. The van der Waals surface area contributed by atoms with Gasteiger partial charge in [-0.05, 0) is 27.7 Å². The van der Waals surface area contributed by atoms with Crippen LogP contribution in [-0.4, -0.2) is 48.0 Å². The highest BCUT2D eigenvalue weighted by atomic mass is 16.3. The van der Waals surface area contributed by atoms with Crippen molar-refractivity contribution in [3.63, 3.8) is 0 Å². The largest absolute Gasteiger partial charge is 0.512 e. The Balaban J connectivity index is -0.000000102. The number of hydrogen-bond donors (Lipinski definition) is 6. The molecule has 0 amide bonds. The standard InChI is InChI=1S/2C5H8O2.2C2H8N2/c2*1-4(6)3-5(2)7;2*3-1-2-4/h2*3,6H,1-2H3;2*1-4H2/b2*4-3-;;. The second kappa shape index (κ2) is 24.3. The minimum atomic E-state index is -0.125. The van der Waals surface area contributed by atoms with Crippen molar-refractivity contribution in [1.82, 2.24) is 0 Å². The van der Waals surface area contributed by atoms with Gasteiger partial charge in [0, 0.05) is 38.3 Å². The van der Waals surface area contributed by atoms with Crippen LogP contribution in [0.4, 0.5) is 0 Å². The monoisotopic (exact) mass is 320 g/mol. The molecule has 0 atom stereocenters. The number of allylic oxidation sites excluding steroid dienone is 4. The Morgan fingerprint density at radius 1 is 0.682 bits per heavy atom. The first kappa shape index (κ1) is 28.4. The maximum absolute atomic E-state index is 10.0. The lowest BCUT2D eigenvalue weighted by atomic mass is 10.4. The van der Waals surface area contributed by atoms with Gasteiger partial charge >= 0.3 is 0 Å². The highest BCUT2D eigenvalue weighted by Crippen LogP contribution is 1.82. The van der Waals surface area contributed by atoms with Gasteiger partial charge in [0.2, 0.25) is 0 Å². The zero-order chi connectivity index (χ0) is 18.6. The molecule has 0 aliphatic heterocycles. The van der Waals surface area contributed by atoms with Crippen molar-refractivity contribution in [1.29, 1.82) is 0 Å². The van der Waals surface area contributed by atoms with Gasteiger partial charge in [0.15, 0.2) is 11.6 Å². The van der Waals surface area contributed by atoms with Crippen LogP contribution < -0.4 is 22.9 Å². The maximum atomic E-state index is 10.0. The first-order valence-electron chi connectivity index (χ1n) is 6.64. The Morgan fingerprint density at radius 2 is 0.864 bits per heavy atom. The smallest absolute Gasteiger partial charge is 0.155 e. The van der Waals surface area contributed by atoms with Crippen LogP contribution in [0.3, 0.4) is 0 Å². The van der Waals surface area contributed by atoms with E-state index in [1.807, 2.05) is 0 Å². The number of aliphatic hydroxyl groups is 2. The van der Waals surface area contributed by atoms with Crippen LogP contribution >= 0.6 is 0 Å². The SMILES string of the molecule is CC(=O)/C=C(/C)O.CC(=O)/C=C(/C)O.NCCN.NCCN. The van der Waals surface area contributed by atoms with E-state index in [0.29, 0.717) is 26.2 Å². The molecule has 0 fully saturated rings. The van der Waals surface area contributed by atoms with Crippen LogP contribution in [0.25, 0.3) is 0 Å². The van der Waals surface area contributed by atoms with E-state index in [0.717, 1.165) is 0 Å². The maximum Gasteiger partial charge on any atom is 0.155 e. The van der Waals surface area contributed by atoms with Gasteiger partial charge in [-0.3, -0.25) is 9.59 Å². The molecule has 0 rings (SSSR count). The lowest BCUT2D eigenvalue weighted by Gasteiger charge is -1.80. The number of carbonyl (C=O) groups excluding carboxylic acids is 2. The van der Waals surface area contributed by atoms with E-state index in [4.69, 9.17) is 33.1 Å². The van der Waals surface area contributed by atoms with Crippen molar-refractivity contribution < 1.29 is 19.8 Å². The van der Waals surface area contributed by atoms with Gasteiger partial charge in [-0.2, -0.15) is 0 Å². The fourth-order valence-corrected chi connectivity index (χ4v) is 0.588. The molecule has 10 N–H and O–H groups in total. The molecule has 0 heterocycles. The van der Waals surface area contributed by atoms with E-state index in [2.05, 4.69) is 0 Å². The average molecular weight is 320 g/mol. The van der Waals surface area contributed by atoms with Crippen molar-refractivity contribution >= 4 is 11.6 Å². The van der Waals surface area contributed by atoms with Gasteiger partial charge < -0.3 is 33.1 Å². The summed E-state index contributed by atoms with van der Waals surface area (Å²) in [5.41, 5.74) is 19.6. The fraction of sp³-hybridized carbons (Fsp3) is 0.571. The molecule has 0 radical (unpaired) electrons. The van der Waals surface area contributed by atoms with E-state index in [-0.39, 0.29) is 23.1 Å². The van der Waals surface area contributed by atoms with E-state index in [9.17, 15) is 9.59 Å². The zero-order valence-electron chi connectivity index (χ0n) is 14.0. The number of carbonyl (C=O) groups is 2. The highest BCUT2D eigenvalue weighted by Gasteiger charge is 1.83. The molecule has 0 aliphatic carbocycles. The van der Waals surface area contributed by atoms with E-state index in [1.165, 1.54) is 39.8 Å². The summed E-state index contributed by atoms with van der Waals surface area (Å²) in [6.07, 6.45) is 2.33. The number of nitrogens with two attached hydrogens (primary N) is 4. The average Bonchev–Trinajstić information content (AvgIpc) is 2.36. The molecule has 0 saturated carbocycles. The topological polar surface area (TPSA) is 179 Å². The first-order valence-corrected chi connectivity index (χ1v) is 6.64. The summed E-state index contributed by atoms with van der Waals surface area (Å²) in [6.45, 7) is 8.09. The second-order valence-corrected chi connectivity index (χ2v) is 3.95. The van der Waals surface area contributed by atoms with Crippen molar-refractivity contribution in [2.45, 2.75) is 27.7 Å². The molecule has 22 heavy (non-hydrogen) atoms. The number of rotatable bonds is 4. The predicted octanol–water partition coefficient (Wildman–Crippen LogP) is -0.118. The molecule has 0 aromatic heterocycles. The first-order chi connectivity index (χ1) is 10.1. The Bertz CT molecular complexity index is 285. The summed E-state index contributed by atoms with van der Waals surface area (Å²) in [7, 11) is 0. The van der Waals surface area contributed by atoms with Gasteiger partial charge in [0.25, 0.3) is 0 Å². The van der Waals surface area contributed by atoms with Crippen LogP contribution in [0.15, 0.2) is 23.7 Å². The molecular formula is C14H32N4O4. The minimum Gasteiger partial charge on any atom is -0.512 e. The van der Waals surface area contributed by atoms with Crippen molar-refractivity contribution in [2.24, 2.45) is 22.9 Å². The van der Waals surface area contributed by atoms with Crippen LogP contribution in [0, 0.1) is 0 Å². The highest BCUT2D eigenvalue weighted by molar-refractivity contribution is 5.87. The quantitative estimate of drug-likeness (QED) is 0.306.